The van der Waals surface area contributed by atoms with Gasteiger partial charge < -0.3 is 15.5 Å². The fraction of sp³-hybridized carbons (Fsp3) is 0.842. The molecule has 4 saturated carbocycles. The van der Waals surface area contributed by atoms with Gasteiger partial charge in [-0.25, -0.2) is 0 Å². The molecular weight excluding hydrogens is 318 g/mol. The molecular formula is C19H29N3O3. The summed E-state index contributed by atoms with van der Waals surface area (Å²) >= 11 is 0. The van der Waals surface area contributed by atoms with Crippen molar-refractivity contribution in [1.29, 1.82) is 0 Å². The van der Waals surface area contributed by atoms with Crippen molar-refractivity contribution < 1.29 is 14.4 Å². The predicted octanol–water partition coefficient (Wildman–Crippen LogP) is 1.06. The quantitative estimate of drug-likeness (QED) is 0.798. The van der Waals surface area contributed by atoms with Crippen LogP contribution in [0.25, 0.3) is 0 Å². The Morgan fingerprint density at radius 3 is 2.20 bits per heavy atom. The zero-order chi connectivity index (χ0) is 17.6. The van der Waals surface area contributed by atoms with Crippen molar-refractivity contribution in [2.24, 2.45) is 23.2 Å². The topological polar surface area (TPSA) is 78.5 Å². The van der Waals surface area contributed by atoms with Crippen LogP contribution in [0.5, 0.6) is 0 Å². The van der Waals surface area contributed by atoms with E-state index in [1.807, 2.05) is 4.90 Å². The summed E-state index contributed by atoms with van der Waals surface area (Å²) in [6.45, 7) is 0.657. The molecule has 0 aromatic rings. The van der Waals surface area contributed by atoms with Crippen LogP contribution in [-0.2, 0) is 14.4 Å². The maximum Gasteiger partial charge on any atom is 0.243 e. The molecule has 2 N–H and O–H groups in total. The van der Waals surface area contributed by atoms with Crippen LogP contribution in [0.1, 0.15) is 51.4 Å². The summed E-state index contributed by atoms with van der Waals surface area (Å²) in [4.78, 5) is 39.2. The van der Waals surface area contributed by atoms with Gasteiger partial charge in [0, 0.05) is 13.6 Å². The number of hydrogen-bond donors (Lipinski definition) is 2. The average molecular weight is 347 g/mol. The largest absolute Gasteiger partial charge is 0.358 e. The summed E-state index contributed by atoms with van der Waals surface area (Å²) in [5.74, 6) is 1.99. The maximum atomic E-state index is 13.5. The number of carbonyl (C=O) groups excluding carboxylic acids is 3. The molecule has 25 heavy (non-hydrogen) atoms. The maximum absolute atomic E-state index is 13.5. The van der Waals surface area contributed by atoms with Gasteiger partial charge in [-0.2, -0.15) is 0 Å². The monoisotopic (exact) mass is 347 g/mol. The molecule has 4 bridgehead atoms. The van der Waals surface area contributed by atoms with Gasteiger partial charge in [0.25, 0.3) is 0 Å². The van der Waals surface area contributed by atoms with E-state index in [1.54, 1.807) is 7.05 Å². The number of amides is 3. The Labute approximate surface area is 149 Å². The van der Waals surface area contributed by atoms with Crippen LogP contribution < -0.4 is 10.6 Å². The minimum Gasteiger partial charge on any atom is -0.358 e. The van der Waals surface area contributed by atoms with Gasteiger partial charge in [0.1, 0.15) is 6.04 Å². The lowest BCUT2D eigenvalue weighted by Crippen LogP contribution is -2.57. The number of likely N-dealkylation sites (tertiary alicyclic amines) is 1. The minimum atomic E-state index is -0.398. The molecule has 138 valence electrons. The SMILES string of the molecule is CNC(=O)CNC(=O)[C@H]1CCCN1C(=O)C12CC3CC(CC(C3)C1)C2. The Bertz CT molecular complexity index is 553. The molecule has 5 aliphatic rings. The van der Waals surface area contributed by atoms with E-state index in [0.717, 1.165) is 43.4 Å². The Morgan fingerprint density at radius 1 is 1.04 bits per heavy atom. The van der Waals surface area contributed by atoms with Gasteiger partial charge in [-0.05, 0) is 69.1 Å². The molecule has 6 nitrogen and oxygen atoms in total. The van der Waals surface area contributed by atoms with Crippen LogP contribution in [0.3, 0.4) is 0 Å². The van der Waals surface area contributed by atoms with E-state index in [2.05, 4.69) is 10.6 Å². The first-order chi connectivity index (χ1) is 12.0. The van der Waals surface area contributed by atoms with Crippen LogP contribution in [0.2, 0.25) is 0 Å². The molecule has 1 heterocycles. The van der Waals surface area contributed by atoms with E-state index >= 15 is 0 Å². The highest BCUT2D eigenvalue weighted by Crippen LogP contribution is 2.60. The van der Waals surface area contributed by atoms with Crippen LogP contribution in [0, 0.1) is 23.2 Å². The van der Waals surface area contributed by atoms with Gasteiger partial charge in [-0.3, -0.25) is 14.4 Å². The summed E-state index contributed by atoms with van der Waals surface area (Å²) in [7, 11) is 1.55. The number of rotatable bonds is 4. The van der Waals surface area contributed by atoms with Crippen LogP contribution >= 0.6 is 0 Å². The zero-order valence-electron chi connectivity index (χ0n) is 15.1. The van der Waals surface area contributed by atoms with Crippen molar-refractivity contribution in [2.45, 2.75) is 57.4 Å². The highest BCUT2D eigenvalue weighted by atomic mass is 16.2. The van der Waals surface area contributed by atoms with Crippen LogP contribution in [0.15, 0.2) is 0 Å². The third-order valence-electron chi connectivity index (χ3n) is 7.01. The molecule has 1 atom stereocenters. The molecule has 5 fully saturated rings. The Kier molecular flexibility index (Phi) is 4.24. The lowest BCUT2D eigenvalue weighted by Gasteiger charge is -2.56. The fourth-order valence-corrected chi connectivity index (χ4v) is 6.33. The molecule has 0 aromatic heterocycles. The molecule has 4 aliphatic carbocycles. The van der Waals surface area contributed by atoms with Gasteiger partial charge in [-0.1, -0.05) is 0 Å². The van der Waals surface area contributed by atoms with Crippen molar-refractivity contribution >= 4 is 17.7 Å². The third-order valence-corrected chi connectivity index (χ3v) is 7.01. The van der Waals surface area contributed by atoms with Crippen molar-refractivity contribution in [3.8, 4) is 0 Å². The van der Waals surface area contributed by atoms with Gasteiger partial charge in [0.05, 0.1) is 12.0 Å². The summed E-state index contributed by atoms with van der Waals surface area (Å²) < 4.78 is 0. The number of carbonyl (C=O) groups is 3. The molecule has 0 spiro atoms. The number of nitrogens with zero attached hydrogens (tertiary/aromatic N) is 1. The molecule has 1 aliphatic heterocycles. The average Bonchev–Trinajstić information content (AvgIpc) is 3.07. The lowest BCUT2D eigenvalue weighted by atomic mass is 9.49. The predicted molar refractivity (Wildman–Crippen MR) is 92.4 cm³/mol. The second-order valence-corrected chi connectivity index (χ2v) is 8.75. The van der Waals surface area contributed by atoms with E-state index in [9.17, 15) is 14.4 Å². The molecule has 0 radical (unpaired) electrons. The van der Waals surface area contributed by atoms with E-state index in [-0.39, 0.29) is 29.7 Å². The van der Waals surface area contributed by atoms with Gasteiger partial charge in [0.2, 0.25) is 17.7 Å². The molecule has 3 amide bonds. The van der Waals surface area contributed by atoms with Crippen molar-refractivity contribution in [3.05, 3.63) is 0 Å². The number of nitrogens with one attached hydrogen (secondary N) is 2. The normalized spacial score (nSPS) is 38.7. The van der Waals surface area contributed by atoms with E-state index in [0.29, 0.717) is 13.0 Å². The Hall–Kier alpha value is -1.59. The third kappa shape index (κ3) is 2.93. The minimum absolute atomic E-state index is 0.0226. The first-order valence-corrected chi connectivity index (χ1v) is 9.80. The summed E-state index contributed by atoms with van der Waals surface area (Å²) in [5.41, 5.74) is -0.196. The van der Waals surface area contributed by atoms with Crippen LogP contribution in [-0.4, -0.2) is 48.8 Å². The highest BCUT2D eigenvalue weighted by molar-refractivity contribution is 5.92. The van der Waals surface area contributed by atoms with E-state index in [1.165, 1.54) is 19.3 Å². The highest BCUT2D eigenvalue weighted by Gasteiger charge is 2.56. The molecule has 6 heteroatoms. The van der Waals surface area contributed by atoms with Gasteiger partial charge in [-0.15, -0.1) is 0 Å². The Morgan fingerprint density at radius 2 is 1.64 bits per heavy atom. The summed E-state index contributed by atoms with van der Waals surface area (Å²) in [6.07, 6.45) is 8.59. The number of hydrogen-bond acceptors (Lipinski definition) is 3. The molecule has 5 rings (SSSR count). The molecule has 1 saturated heterocycles. The smallest absolute Gasteiger partial charge is 0.243 e. The lowest BCUT2D eigenvalue weighted by molar-refractivity contribution is -0.160. The second kappa shape index (κ2) is 6.29. The van der Waals surface area contributed by atoms with E-state index in [4.69, 9.17) is 0 Å². The van der Waals surface area contributed by atoms with Crippen molar-refractivity contribution in [1.82, 2.24) is 15.5 Å². The summed E-state index contributed by atoms with van der Waals surface area (Å²) in [5, 5.41) is 5.19. The first-order valence-electron chi connectivity index (χ1n) is 9.80. The first kappa shape index (κ1) is 16.9. The molecule has 0 unspecified atom stereocenters. The van der Waals surface area contributed by atoms with Crippen LogP contribution in [0.4, 0.5) is 0 Å². The van der Waals surface area contributed by atoms with Crippen molar-refractivity contribution in [3.63, 3.8) is 0 Å². The summed E-state index contributed by atoms with van der Waals surface area (Å²) in [6, 6.07) is -0.398. The fourth-order valence-electron chi connectivity index (χ4n) is 6.33. The zero-order valence-corrected chi connectivity index (χ0v) is 15.1. The van der Waals surface area contributed by atoms with Gasteiger partial charge >= 0.3 is 0 Å². The number of likely N-dealkylation sites (N-methyl/N-ethyl adjacent to an activating group) is 1. The standard InChI is InChI=1S/C19H29N3O3/c1-20-16(23)11-21-17(24)15-3-2-4-22(15)18(25)19-8-12-5-13(9-19)7-14(6-12)10-19/h12-15H,2-11H2,1H3,(H,20,23)(H,21,24)/t12?,13?,14?,15-,19?/m1/s1. The van der Waals surface area contributed by atoms with Crippen molar-refractivity contribution in [2.75, 3.05) is 20.1 Å². The molecule has 0 aromatic carbocycles. The second-order valence-electron chi connectivity index (χ2n) is 8.75. The van der Waals surface area contributed by atoms with Gasteiger partial charge in [0.15, 0.2) is 0 Å². The van der Waals surface area contributed by atoms with E-state index < -0.39 is 6.04 Å². The Balaban J connectivity index is 1.46.